The summed E-state index contributed by atoms with van der Waals surface area (Å²) in [7, 11) is 0. The Labute approximate surface area is 115 Å². The molecule has 2 aromatic rings. The third-order valence-electron chi connectivity index (χ3n) is 2.58. The number of para-hydroxylation sites is 1. The molecule has 2 rings (SSSR count). The van der Waals surface area contributed by atoms with Gasteiger partial charge in [-0.25, -0.2) is 0 Å². The lowest BCUT2D eigenvalue weighted by molar-refractivity contribution is -0.121. The van der Waals surface area contributed by atoms with Crippen molar-refractivity contribution in [2.24, 2.45) is 0 Å². The molecule has 1 heterocycles. The second-order valence-electron chi connectivity index (χ2n) is 4.05. The molecule has 0 aliphatic carbocycles. The molecule has 102 valence electrons. The maximum absolute atomic E-state index is 11.7. The summed E-state index contributed by atoms with van der Waals surface area (Å²) in [5.74, 6) is -0.839. The SMILES string of the molecule is O=C(Cc1ccccc1O)NNC(=O)c1cccnc1. The van der Waals surface area contributed by atoms with Crippen LogP contribution in [0.3, 0.4) is 0 Å². The van der Waals surface area contributed by atoms with E-state index in [2.05, 4.69) is 15.8 Å². The molecule has 6 heteroatoms. The van der Waals surface area contributed by atoms with Crippen molar-refractivity contribution in [3.8, 4) is 5.75 Å². The molecule has 0 fully saturated rings. The number of carbonyl (C=O) groups excluding carboxylic acids is 2. The molecule has 2 amide bonds. The van der Waals surface area contributed by atoms with E-state index in [9.17, 15) is 14.7 Å². The minimum absolute atomic E-state index is 0.0278. The van der Waals surface area contributed by atoms with Gasteiger partial charge in [-0.15, -0.1) is 0 Å². The first kappa shape index (κ1) is 13.5. The number of carbonyl (C=O) groups is 2. The van der Waals surface area contributed by atoms with Crippen molar-refractivity contribution in [1.82, 2.24) is 15.8 Å². The minimum atomic E-state index is -0.455. The number of benzene rings is 1. The van der Waals surface area contributed by atoms with Crippen LogP contribution in [0.25, 0.3) is 0 Å². The van der Waals surface area contributed by atoms with E-state index < -0.39 is 11.8 Å². The summed E-state index contributed by atoms with van der Waals surface area (Å²) in [4.78, 5) is 27.1. The molecular weight excluding hydrogens is 258 g/mol. The van der Waals surface area contributed by atoms with E-state index in [0.717, 1.165) is 0 Å². The number of aromatic nitrogens is 1. The van der Waals surface area contributed by atoms with Gasteiger partial charge >= 0.3 is 0 Å². The lowest BCUT2D eigenvalue weighted by Gasteiger charge is -2.08. The number of rotatable bonds is 3. The number of phenols is 1. The number of pyridine rings is 1. The number of phenolic OH excluding ortho intramolecular Hbond substituents is 1. The molecule has 0 saturated carbocycles. The molecular formula is C14H13N3O3. The van der Waals surface area contributed by atoms with E-state index in [4.69, 9.17) is 0 Å². The first-order chi connectivity index (χ1) is 9.66. The van der Waals surface area contributed by atoms with E-state index >= 15 is 0 Å². The van der Waals surface area contributed by atoms with Crippen molar-refractivity contribution in [2.75, 3.05) is 0 Å². The van der Waals surface area contributed by atoms with Crippen molar-refractivity contribution in [3.05, 3.63) is 59.9 Å². The number of hydrogen-bond donors (Lipinski definition) is 3. The highest BCUT2D eigenvalue weighted by Gasteiger charge is 2.09. The van der Waals surface area contributed by atoms with E-state index in [1.165, 1.54) is 12.3 Å². The van der Waals surface area contributed by atoms with E-state index in [-0.39, 0.29) is 12.2 Å². The fourth-order valence-electron chi connectivity index (χ4n) is 1.57. The highest BCUT2D eigenvalue weighted by Crippen LogP contribution is 2.15. The quantitative estimate of drug-likeness (QED) is 0.720. The second kappa shape index (κ2) is 6.33. The Kier molecular flexibility index (Phi) is 4.28. The fourth-order valence-corrected chi connectivity index (χ4v) is 1.57. The summed E-state index contributed by atoms with van der Waals surface area (Å²) < 4.78 is 0. The Bertz CT molecular complexity index is 614. The van der Waals surface area contributed by atoms with Gasteiger partial charge in [-0.1, -0.05) is 18.2 Å². The van der Waals surface area contributed by atoms with E-state index in [0.29, 0.717) is 11.1 Å². The molecule has 0 saturated heterocycles. The summed E-state index contributed by atoms with van der Waals surface area (Å²) in [5.41, 5.74) is 5.39. The van der Waals surface area contributed by atoms with Crippen LogP contribution in [0, 0.1) is 0 Å². The van der Waals surface area contributed by atoms with Crippen molar-refractivity contribution in [3.63, 3.8) is 0 Å². The average Bonchev–Trinajstić information content (AvgIpc) is 2.48. The maximum Gasteiger partial charge on any atom is 0.271 e. The number of nitrogens with zero attached hydrogens (tertiary/aromatic N) is 1. The topological polar surface area (TPSA) is 91.3 Å². The van der Waals surface area contributed by atoms with E-state index in [1.54, 1.807) is 36.5 Å². The number of hydrazine groups is 1. The van der Waals surface area contributed by atoms with Crippen LogP contribution in [0.2, 0.25) is 0 Å². The Morgan fingerprint density at radius 1 is 1.10 bits per heavy atom. The van der Waals surface area contributed by atoms with Gasteiger partial charge < -0.3 is 5.11 Å². The standard InChI is InChI=1S/C14H13N3O3/c18-12-6-2-1-4-10(12)8-13(19)16-17-14(20)11-5-3-7-15-9-11/h1-7,9,18H,8H2,(H,16,19)(H,17,20). The van der Waals surface area contributed by atoms with Crippen molar-refractivity contribution >= 4 is 11.8 Å². The van der Waals surface area contributed by atoms with Gasteiger partial charge in [0.25, 0.3) is 5.91 Å². The number of nitrogens with one attached hydrogen (secondary N) is 2. The van der Waals surface area contributed by atoms with Gasteiger partial charge in [0, 0.05) is 18.0 Å². The minimum Gasteiger partial charge on any atom is -0.508 e. The Morgan fingerprint density at radius 3 is 2.60 bits per heavy atom. The molecule has 0 aliphatic rings. The zero-order chi connectivity index (χ0) is 14.4. The molecule has 1 aromatic heterocycles. The van der Waals surface area contributed by atoms with Crippen LogP contribution in [0.4, 0.5) is 0 Å². The first-order valence-corrected chi connectivity index (χ1v) is 5.93. The number of hydrogen-bond acceptors (Lipinski definition) is 4. The van der Waals surface area contributed by atoms with Crippen LogP contribution in [0.15, 0.2) is 48.8 Å². The lowest BCUT2D eigenvalue weighted by Crippen LogP contribution is -2.42. The van der Waals surface area contributed by atoms with Gasteiger partial charge in [-0.05, 0) is 18.2 Å². The second-order valence-corrected chi connectivity index (χ2v) is 4.05. The van der Waals surface area contributed by atoms with Crippen LogP contribution in [-0.4, -0.2) is 21.9 Å². The zero-order valence-electron chi connectivity index (χ0n) is 10.5. The fraction of sp³-hybridized carbons (Fsp3) is 0.0714. The van der Waals surface area contributed by atoms with Crippen molar-refractivity contribution in [2.45, 2.75) is 6.42 Å². The highest BCUT2D eigenvalue weighted by molar-refractivity contribution is 5.95. The van der Waals surface area contributed by atoms with Gasteiger partial charge in [-0.2, -0.15) is 0 Å². The Morgan fingerprint density at radius 2 is 1.90 bits per heavy atom. The molecule has 1 aromatic carbocycles. The van der Waals surface area contributed by atoms with Gasteiger partial charge in [0.05, 0.1) is 12.0 Å². The van der Waals surface area contributed by atoms with Crippen LogP contribution >= 0.6 is 0 Å². The van der Waals surface area contributed by atoms with Gasteiger partial charge in [-0.3, -0.25) is 25.4 Å². The summed E-state index contributed by atoms with van der Waals surface area (Å²) in [6.07, 6.45) is 2.91. The highest BCUT2D eigenvalue weighted by atomic mass is 16.3. The molecule has 0 unspecified atom stereocenters. The molecule has 3 N–H and O–H groups in total. The molecule has 0 atom stereocenters. The monoisotopic (exact) mass is 271 g/mol. The van der Waals surface area contributed by atoms with Crippen molar-refractivity contribution < 1.29 is 14.7 Å². The lowest BCUT2D eigenvalue weighted by atomic mass is 10.1. The Hall–Kier alpha value is -2.89. The largest absolute Gasteiger partial charge is 0.508 e. The smallest absolute Gasteiger partial charge is 0.271 e. The number of amides is 2. The molecule has 0 radical (unpaired) electrons. The molecule has 6 nitrogen and oxygen atoms in total. The molecule has 0 bridgehead atoms. The van der Waals surface area contributed by atoms with Crippen LogP contribution < -0.4 is 10.9 Å². The van der Waals surface area contributed by atoms with Crippen LogP contribution in [-0.2, 0) is 11.2 Å². The zero-order valence-corrected chi connectivity index (χ0v) is 10.5. The molecule has 0 spiro atoms. The normalized spacial score (nSPS) is 9.80. The third-order valence-corrected chi connectivity index (χ3v) is 2.58. The van der Waals surface area contributed by atoms with Crippen LogP contribution in [0.1, 0.15) is 15.9 Å². The van der Waals surface area contributed by atoms with E-state index in [1.807, 2.05) is 0 Å². The Balaban J connectivity index is 1.87. The third kappa shape index (κ3) is 3.55. The average molecular weight is 271 g/mol. The molecule has 0 aliphatic heterocycles. The summed E-state index contributed by atoms with van der Waals surface area (Å²) in [6, 6.07) is 9.72. The maximum atomic E-state index is 11.7. The predicted octanol–water partition coefficient (Wildman–Crippen LogP) is 0.791. The van der Waals surface area contributed by atoms with Gasteiger partial charge in [0.1, 0.15) is 5.75 Å². The molecule has 20 heavy (non-hydrogen) atoms. The summed E-state index contributed by atoms with van der Waals surface area (Å²) >= 11 is 0. The van der Waals surface area contributed by atoms with Gasteiger partial charge in [0.2, 0.25) is 5.91 Å². The summed E-state index contributed by atoms with van der Waals surface area (Å²) in [5, 5.41) is 9.54. The van der Waals surface area contributed by atoms with Crippen LogP contribution in [0.5, 0.6) is 5.75 Å². The summed E-state index contributed by atoms with van der Waals surface area (Å²) in [6.45, 7) is 0. The number of aromatic hydroxyl groups is 1. The van der Waals surface area contributed by atoms with Crippen molar-refractivity contribution in [1.29, 1.82) is 0 Å². The predicted molar refractivity (Wildman–Crippen MR) is 71.7 cm³/mol. The van der Waals surface area contributed by atoms with Gasteiger partial charge in [0.15, 0.2) is 0 Å². The first-order valence-electron chi connectivity index (χ1n) is 5.93.